The maximum Gasteiger partial charge on any atom is 0.243 e. The van der Waals surface area contributed by atoms with E-state index >= 15 is 0 Å². The van der Waals surface area contributed by atoms with Gasteiger partial charge in [0.25, 0.3) is 0 Å². The van der Waals surface area contributed by atoms with Crippen LogP contribution in [0.3, 0.4) is 0 Å². The summed E-state index contributed by atoms with van der Waals surface area (Å²) >= 11 is 9.27. The number of nitrogens with one attached hydrogen (secondary N) is 1. The van der Waals surface area contributed by atoms with Gasteiger partial charge in [-0.2, -0.15) is 4.31 Å². The highest BCUT2D eigenvalue weighted by Crippen LogP contribution is 2.21. The zero-order valence-corrected chi connectivity index (χ0v) is 17.6. The zero-order valence-electron chi connectivity index (χ0n) is 14.4. The second kappa shape index (κ2) is 8.70. The van der Waals surface area contributed by atoms with Crippen LogP contribution in [0.15, 0.2) is 57.9 Å². The van der Waals surface area contributed by atoms with Crippen LogP contribution in [0.5, 0.6) is 0 Å². The number of hydrogen-bond acceptors (Lipinski definition) is 4. The van der Waals surface area contributed by atoms with E-state index in [2.05, 4.69) is 21.2 Å². The molecule has 1 aliphatic rings. The lowest BCUT2D eigenvalue weighted by Gasteiger charge is -2.33. The second-order valence-electron chi connectivity index (χ2n) is 6.20. The van der Waals surface area contributed by atoms with E-state index in [1.165, 1.54) is 10.4 Å². The number of sulfonamides is 1. The normalized spacial score (nSPS) is 16.2. The molecule has 1 N–H and O–H groups in total. The Hall–Kier alpha value is -1.45. The summed E-state index contributed by atoms with van der Waals surface area (Å²) in [7, 11) is -3.57. The number of carbonyl (C=O) groups is 1. The van der Waals surface area contributed by atoms with Gasteiger partial charge < -0.3 is 5.32 Å². The zero-order chi connectivity index (χ0) is 19.4. The van der Waals surface area contributed by atoms with Crippen molar-refractivity contribution in [2.75, 3.05) is 38.0 Å². The van der Waals surface area contributed by atoms with E-state index in [1.807, 2.05) is 29.2 Å². The van der Waals surface area contributed by atoms with Crippen LogP contribution in [0.25, 0.3) is 0 Å². The van der Waals surface area contributed by atoms with Crippen LogP contribution in [0, 0.1) is 0 Å². The highest BCUT2D eigenvalue weighted by atomic mass is 79.9. The first-order chi connectivity index (χ1) is 12.8. The molecular weight excluding hydrogens is 454 g/mol. The molecular formula is C18H19BrClN3O3S. The summed E-state index contributed by atoms with van der Waals surface area (Å²) in [6.07, 6.45) is 0. The van der Waals surface area contributed by atoms with Gasteiger partial charge in [0.05, 0.1) is 11.4 Å². The van der Waals surface area contributed by atoms with Crippen molar-refractivity contribution < 1.29 is 13.2 Å². The van der Waals surface area contributed by atoms with Crippen molar-refractivity contribution in [1.29, 1.82) is 0 Å². The lowest BCUT2D eigenvalue weighted by molar-refractivity contribution is -0.117. The Morgan fingerprint density at radius 1 is 1.07 bits per heavy atom. The van der Waals surface area contributed by atoms with Gasteiger partial charge in [-0.15, -0.1) is 0 Å². The molecule has 0 aromatic heterocycles. The lowest BCUT2D eigenvalue weighted by atomic mass is 10.3. The first-order valence-corrected chi connectivity index (χ1v) is 11.0. The maximum atomic E-state index is 12.7. The number of hydrogen-bond donors (Lipinski definition) is 1. The Labute approximate surface area is 172 Å². The van der Waals surface area contributed by atoms with Gasteiger partial charge in [0.15, 0.2) is 0 Å². The second-order valence-corrected chi connectivity index (χ2v) is 9.49. The summed E-state index contributed by atoms with van der Waals surface area (Å²) in [5.74, 6) is -0.126. The topological polar surface area (TPSA) is 69.7 Å². The molecule has 6 nitrogen and oxygen atoms in total. The number of rotatable bonds is 5. The number of benzene rings is 2. The molecule has 0 unspecified atom stereocenters. The van der Waals surface area contributed by atoms with Crippen LogP contribution in [0.1, 0.15) is 0 Å². The van der Waals surface area contributed by atoms with Crippen LogP contribution in [-0.4, -0.2) is 56.3 Å². The van der Waals surface area contributed by atoms with Crippen molar-refractivity contribution in [3.63, 3.8) is 0 Å². The Balaban J connectivity index is 1.55. The van der Waals surface area contributed by atoms with Crippen molar-refractivity contribution >= 4 is 49.1 Å². The molecule has 9 heteroatoms. The summed E-state index contributed by atoms with van der Waals surface area (Å²) in [5, 5.41) is 3.23. The smallest absolute Gasteiger partial charge is 0.243 e. The molecule has 0 spiro atoms. The molecule has 0 saturated carbocycles. The SMILES string of the molecule is O=C(CN1CCN(S(=O)(=O)c2cccc(Cl)c2)CC1)Nc1cccc(Br)c1. The molecule has 1 heterocycles. The van der Waals surface area contributed by atoms with E-state index in [4.69, 9.17) is 11.6 Å². The minimum absolute atomic E-state index is 0.126. The monoisotopic (exact) mass is 471 g/mol. The van der Waals surface area contributed by atoms with Gasteiger partial charge in [0.1, 0.15) is 0 Å². The first-order valence-electron chi connectivity index (χ1n) is 8.38. The van der Waals surface area contributed by atoms with Gasteiger partial charge >= 0.3 is 0 Å². The summed E-state index contributed by atoms with van der Waals surface area (Å²) < 4.78 is 27.7. The molecule has 27 heavy (non-hydrogen) atoms. The van der Waals surface area contributed by atoms with Crippen molar-refractivity contribution in [1.82, 2.24) is 9.21 Å². The summed E-state index contributed by atoms with van der Waals surface area (Å²) in [6.45, 7) is 1.87. The number of amides is 1. The number of carbonyl (C=O) groups excluding carboxylic acids is 1. The predicted molar refractivity (Wildman–Crippen MR) is 109 cm³/mol. The quantitative estimate of drug-likeness (QED) is 0.726. The Morgan fingerprint density at radius 3 is 2.44 bits per heavy atom. The summed E-state index contributed by atoms with van der Waals surface area (Å²) in [6, 6.07) is 13.6. The molecule has 1 fully saturated rings. The van der Waals surface area contributed by atoms with Crippen LogP contribution in [0.2, 0.25) is 5.02 Å². The molecule has 1 aliphatic heterocycles. The third-order valence-electron chi connectivity index (χ3n) is 4.24. The van der Waals surface area contributed by atoms with Gasteiger partial charge in [-0.05, 0) is 36.4 Å². The molecule has 1 amide bonds. The highest BCUT2D eigenvalue weighted by molar-refractivity contribution is 9.10. The molecule has 0 radical (unpaired) electrons. The van der Waals surface area contributed by atoms with Gasteiger partial charge in [-0.3, -0.25) is 9.69 Å². The van der Waals surface area contributed by atoms with E-state index in [0.29, 0.717) is 31.2 Å². The fourth-order valence-electron chi connectivity index (χ4n) is 2.87. The average molecular weight is 473 g/mol. The van der Waals surface area contributed by atoms with E-state index in [1.54, 1.807) is 18.2 Å². The van der Waals surface area contributed by atoms with E-state index in [9.17, 15) is 13.2 Å². The number of anilines is 1. The molecule has 144 valence electrons. The summed E-state index contributed by atoms with van der Waals surface area (Å²) in [4.78, 5) is 14.3. The van der Waals surface area contributed by atoms with Crippen LogP contribution >= 0.6 is 27.5 Å². The van der Waals surface area contributed by atoms with Crippen molar-refractivity contribution in [2.24, 2.45) is 0 Å². The van der Waals surface area contributed by atoms with Crippen molar-refractivity contribution in [3.05, 3.63) is 58.0 Å². The Kier molecular flexibility index (Phi) is 6.54. The van der Waals surface area contributed by atoms with Gasteiger partial charge in [0.2, 0.25) is 15.9 Å². The summed E-state index contributed by atoms with van der Waals surface area (Å²) in [5.41, 5.74) is 0.719. The van der Waals surface area contributed by atoms with E-state index in [0.717, 1.165) is 10.2 Å². The molecule has 3 rings (SSSR count). The van der Waals surface area contributed by atoms with Crippen LogP contribution < -0.4 is 5.32 Å². The predicted octanol–water partition coefficient (Wildman–Crippen LogP) is 3.05. The Bertz CT molecular complexity index is 931. The average Bonchev–Trinajstić information content (AvgIpc) is 2.62. The minimum atomic E-state index is -3.57. The van der Waals surface area contributed by atoms with Crippen molar-refractivity contribution in [2.45, 2.75) is 4.90 Å². The van der Waals surface area contributed by atoms with E-state index in [-0.39, 0.29) is 17.3 Å². The molecule has 2 aromatic carbocycles. The fraction of sp³-hybridized carbons (Fsp3) is 0.278. The highest BCUT2D eigenvalue weighted by Gasteiger charge is 2.29. The molecule has 1 saturated heterocycles. The van der Waals surface area contributed by atoms with E-state index < -0.39 is 10.0 Å². The standard InChI is InChI=1S/C18H19BrClN3O3S/c19-14-3-1-5-16(11-14)21-18(24)13-22-7-9-23(10-8-22)27(25,26)17-6-2-4-15(20)12-17/h1-6,11-12H,7-10,13H2,(H,21,24). The third kappa shape index (κ3) is 5.30. The molecule has 0 aliphatic carbocycles. The molecule has 0 atom stereocenters. The molecule has 2 aromatic rings. The van der Waals surface area contributed by atoms with Crippen LogP contribution in [-0.2, 0) is 14.8 Å². The third-order valence-corrected chi connectivity index (χ3v) is 6.86. The minimum Gasteiger partial charge on any atom is -0.325 e. The number of piperazine rings is 1. The van der Waals surface area contributed by atoms with Crippen LogP contribution in [0.4, 0.5) is 5.69 Å². The molecule has 0 bridgehead atoms. The van der Waals surface area contributed by atoms with Gasteiger partial charge in [-0.1, -0.05) is 39.7 Å². The van der Waals surface area contributed by atoms with Gasteiger partial charge in [-0.25, -0.2) is 8.42 Å². The maximum absolute atomic E-state index is 12.7. The number of halogens is 2. The van der Waals surface area contributed by atoms with Crippen molar-refractivity contribution in [3.8, 4) is 0 Å². The largest absolute Gasteiger partial charge is 0.325 e. The van der Waals surface area contributed by atoms with Gasteiger partial charge in [0, 0.05) is 41.4 Å². The fourth-order valence-corrected chi connectivity index (χ4v) is 5.00. The Morgan fingerprint density at radius 2 is 1.78 bits per heavy atom. The lowest BCUT2D eigenvalue weighted by Crippen LogP contribution is -2.50. The first kappa shape index (κ1) is 20.3. The number of nitrogens with zero attached hydrogens (tertiary/aromatic N) is 2.